The summed E-state index contributed by atoms with van der Waals surface area (Å²) in [5.41, 5.74) is 1.18. The Labute approximate surface area is 137 Å². The highest BCUT2D eigenvalue weighted by molar-refractivity contribution is 5.85. The first-order valence-electron chi connectivity index (χ1n) is 9.33. The summed E-state index contributed by atoms with van der Waals surface area (Å²) in [7, 11) is 0. The molecule has 0 spiro atoms. The Morgan fingerprint density at radius 3 is 1.95 bits per heavy atom. The molecule has 1 heterocycles. The van der Waals surface area contributed by atoms with Gasteiger partial charge < -0.3 is 4.74 Å². The molecule has 0 unspecified atom stereocenters. The van der Waals surface area contributed by atoms with Gasteiger partial charge in [-0.1, -0.05) is 72.6 Å². The van der Waals surface area contributed by atoms with Gasteiger partial charge in [-0.05, 0) is 36.2 Å². The highest BCUT2D eigenvalue weighted by Gasteiger charge is 2.13. The summed E-state index contributed by atoms with van der Waals surface area (Å²) in [5, 5.41) is 0. The van der Waals surface area contributed by atoms with Crippen molar-refractivity contribution in [3.8, 4) is 0 Å². The fourth-order valence-corrected chi connectivity index (χ4v) is 3.21. The van der Waals surface area contributed by atoms with Crippen molar-refractivity contribution in [2.24, 2.45) is 17.8 Å². The summed E-state index contributed by atoms with van der Waals surface area (Å²) in [6, 6.07) is 0. The Kier molecular flexibility index (Phi) is 9.50. The van der Waals surface area contributed by atoms with Crippen molar-refractivity contribution in [3.05, 3.63) is 11.6 Å². The minimum Gasteiger partial charge on any atom is -0.458 e. The Balaban J connectivity index is 1.97. The molecule has 0 amide bonds. The number of esters is 1. The van der Waals surface area contributed by atoms with Crippen LogP contribution >= 0.6 is 0 Å². The van der Waals surface area contributed by atoms with Crippen LogP contribution in [0.2, 0.25) is 0 Å². The lowest BCUT2D eigenvalue weighted by molar-refractivity contribution is -0.134. The van der Waals surface area contributed by atoms with Crippen molar-refractivity contribution < 1.29 is 9.53 Å². The predicted molar refractivity (Wildman–Crippen MR) is 93.8 cm³/mol. The Morgan fingerprint density at radius 1 is 0.909 bits per heavy atom. The van der Waals surface area contributed by atoms with E-state index in [1.54, 1.807) is 6.08 Å². The number of rotatable bonds is 12. The number of ether oxygens (including phenoxy) is 1. The average molecular weight is 309 g/mol. The van der Waals surface area contributed by atoms with Gasteiger partial charge >= 0.3 is 5.97 Å². The molecule has 0 aliphatic carbocycles. The minimum absolute atomic E-state index is 0.158. The second-order valence-corrected chi connectivity index (χ2v) is 7.77. The van der Waals surface area contributed by atoms with Crippen molar-refractivity contribution in [1.82, 2.24) is 0 Å². The SMILES string of the molecule is CC(C)CCC[C@H](C)CCC[C@H](C)CCCC1=CC(=O)OC1. The van der Waals surface area contributed by atoms with E-state index in [1.165, 1.54) is 56.9 Å². The molecular formula is C20H36O2. The third-order valence-corrected chi connectivity index (χ3v) is 4.79. The van der Waals surface area contributed by atoms with Crippen LogP contribution in [-0.2, 0) is 9.53 Å². The van der Waals surface area contributed by atoms with Crippen molar-refractivity contribution in [2.45, 2.75) is 85.5 Å². The number of hydrogen-bond acceptors (Lipinski definition) is 2. The lowest BCUT2D eigenvalue weighted by Crippen LogP contribution is -2.00. The molecule has 0 aromatic carbocycles. The topological polar surface area (TPSA) is 26.3 Å². The molecule has 0 aromatic rings. The summed E-state index contributed by atoms with van der Waals surface area (Å²) < 4.78 is 4.93. The zero-order valence-corrected chi connectivity index (χ0v) is 15.2. The van der Waals surface area contributed by atoms with Crippen molar-refractivity contribution in [2.75, 3.05) is 6.61 Å². The first kappa shape index (κ1) is 19.3. The van der Waals surface area contributed by atoms with Gasteiger partial charge in [0, 0.05) is 6.08 Å². The van der Waals surface area contributed by atoms with E-state index < -0.39 is 0 Å². The van der Waals surface area contributed by atoms with Gasteiger partial charge in [0.05, 0.1) is 0 Å². The quantitative estimate of drug-likeness (QED) is 0.419. The van der Waals surface area contributed by atoms with Gasteiger partial charge in [-0.3, -0.25) is 0 Å². The van der Waals surface area contributed by atoms with E-state index in [-0.39, 0.29) is 5.97 Å². The van der Waals surface area contributed by atoms with E-state index in [0.29, 0.717) is 6.61 Å². The third kappa shape index (κ3) is 9.27. The molecule has 0 radical (unpaired) electrons. The number of carbonyl (C=O) groups excluding carboxylic acids is 1. The lowest BCUT2D eigenvalue weighted by Gasteiger charge is -2.15. The predicted octanol–water partition coefficient (Wildman–Crippen LogP) is 5.91. The molecule has 128 valence electrons. The van der Waals surface area contributed by atoms with Crippen LogP contribution in [0.4, 0.5) is 0 Å². The highest BCUT2D eigenvalue weighted by Crippen LogP contribution is 2.22. The standard InChI is InChI=1S/C20H36O2/c1-16(2)8-5-9-17(3)10-6-11-18(4)12-7-13-19-14-20(21)22-15-19/h14,16-18H,5-13,15H2,1-4H3/t17-,18-/m0/s1. The van der Waals surface area contributed by atoms with Gasteiger partial charge in [0.2, 0.25) is 0 Å². The van der Waals surface area contributed by atoms with E-state index in [1.807, 2.05) is 0 Å². The molecule has 1 rings (SSSR count). The molecule has 22 heavy (non-hydrogen) atoms. The normalized spacial score (nSPS) is 17.5. The number of carbonyl (C=O) groups is 1. The van der Waals surface area contributed by atoms with Gasteiger partial charge in [0.1, 0.15) is 6.61 Å². The summed E-state index contributed by atoms with van der Waals surface area (Å²) in [4.78, 5) is 11.0. The summed E-state index contributed by atoms with van der Waals surface area (Å²) in [6.07, 6.45) is 13.4. The molecule has 0 aromatic heterocycles. The van der Waals surface area contributed by atoms with Crippen LogP contribution < -0.4 is 0 Å². The van der Waals surface area contributed by atoms with Crippen LogP contribution in [-0.4, -0.2) is 12.6 Å². The minimum atomic E-state index is -0.158. The molecule has 0 fully saturated rings. The van der Waals surface area contributed by atoms with Crippen LogP contribution in [0.25, 0.3) is 0 Å². The van der Waals surface area contributed by atoms with Gasteiger partial charge in [-0.2, -0.15) is 0 Å². The average Bonchev–Trinajstić information content (AvgIpc) is 2.84. The molecule has 1 aliphatic heterocycles. The maximum Gasteiger partial charge on any atom is 0.331 e. The van der Waals surface area contributed by atoms with E-state index in [9.17, 15) is 4.79 Å². The van der Waals surface area contributed by atoms with E-state index in [0.717, 1.165) is 24.2 Å². The molecule has 0 N–H and O–H groups in total. The van der Waals surface area contributed by atoms with Gasteiger partial charge in [0.15, 0.2) is 0 Å². The smallest absolute Gasteiger partial charge is 0.331 e. The molecule has 1 aliphatic rings. The first-order chi connectivity index (χ1) is 10.5. The fraction of sp³-hybridized carbons (Fsp3) is 0.850. The Morgan fingerprint density at radius 2 is 1.45 bits per heavy atom. The van der Waals surface area contributed by atoms with Gasteiger partial charge in [-0.25, -0.2) is 4.79 Å². The first-order valence-corrected chi connectivity index (χ1v) is 9.33. The van der Waals surface area contributed by atoms with Gasteiger partial charge in [0.25, 0.3) is 0 Å². The fourth-order valence-electron chi connectivity index (χ4n) is 3.21. The Bertz CT molecular complexity index is 344. The maximum absolute atomic E-state index is 11.0. The molecule has 0 saturated heterocycles. The maximum atomic E-state index is 11.0. The molecule has 0 saturated carbocycles. The second-order valence-electron chi connectivity index (χ2n) is 7.77. The van der Waals surface area contributed by atoms with Crippen molar-refractivity contribution in [3.63, 3.8) is 0 Å². The molecule has 2 heteroatoms. The molecule has 2 nitrogen and oxygen atoms in total. The van der Waals surface area contributed by atoms with Crippen molar-refractivity contribution >= 4 is 5.97 Å². The van der Waals surface area contributed by atoms with Crippen LogP contribution in [0.15, 0.2) is 11.6 Å². The summed E-state index contributed by atoms with van der Waals surface area (Å²) in [5.74, 6) is 2.39. The lowest BCUT2D eigenvalue weighted by atomic mass is 9.91. The van der Waals surface area contributed by atoms with Crippen LogP contribution in [0, 0.1) is 17.8 Å². The van der Waals surface area contributed by atoms with E-state index >= 15 is 0 Å². The zero-order valence-electron chi connectivity index (χ0n) is 15.2. The van der Waals surface area contributed by atoms with Crippen molar-refractivity contribution in [1.29, 1.82) is 0 Å². The summed E-state index contributed by atoms with van der Waals surface area (Å²) in [6.45, 7) is 9.94. The van der Waals surface area contributed by atoms with Crippen LogP contribution in [0.3, 0.4) is 0 Å². The van der Waals surface area contributed by atoms with Crippen LogP contribution in [0.1, 0.15) is 85.5 Å². The molecule has 2 atom stereocenters. The third-order valence-electron chi connectivity index (χ3n) is 4.79. The molecular weight excluding hydrogens is 272 g/mol. The Hall–Kier alpha value is -0.790. The summed E-state index contributed by atoms with van der Waals surface area (Å²) >= 11 is 0. The van der Waals surface area contributed by atoms with Crippen LogP contribution in [0.5, 0.6) is 0 Å². The largest absolute Gasteiger partial charge is 0.458 e. The van der Waals surface area contributed by atoms with E-state index in [4.69, 9.17) is 4.74 Å². The molecule has 0 bridgehead atoms. The number of cyclic esters (lactones) is 1. The van der Waals surface area contributed by atoms with Gasteiger partial charge in [-0.15, -0.1) is 0 Å². The second kappa shape index (κ2) is 10.9. The van der Waals surface area contributed by atoms with E-state index in [2.05, 4.69) is 27.7 Å². The zero-order chi connectivity index (χ0) is 16.4. The monoisotopic (exact) mass is 308 g/mol. The number of hydrogen-bond donors (Lipinski definition) is 0. The highest BCUT2D eigenvalue weighted by atomic mass is 16.5.